The van der Waals surface area contributed by atoms with E-state index in [4.69, 9.17) is 18.9 Å². The Balaban J connectivity index is 2.02. The van der Waals surface area contributed by atoms with Crippen molar-refractivity contribution in [3.8, 4) is 23.0 Å². The van der Waals surface area contributed by atoms with Crippen LogP contribution in [0.2, 0.25) is 0 Å². The van der Waals surface area contributed by atoms with Gasteiger partial charge in [0.15, 0.2) is 17.3 Å². The smallest absolute Gasteiger partial charge is 0.197 e. The van der Waals surface area contributed by atoms with E-state index in [0.29, 0.717) is 28.4 Å². The minimum absolute atomic E-state index is 0.0139. The van der Waals surface area contributed by atoms with Crippen LogP contribution < -0.4 is 18.9 Å². The van der Waals surface area contributed by atoms with Crippen LogP contribution in [-0.2, 0) is 0 Å². The maximum atomic E-state index is 15.0. The highest BCUT2D eigenvalue weighted by atomic mass is 19.1. The van der Waals surface area contributed by atoms with Crippen molar-refractivity contribution in [1.82, 2.24) is 0 Å². The van der Waals surface area contributed by atoms with Crippen molar-refractivity contribution in [2.75, 3.05) is 21.3 Å². The first kappa shape index (κ1) is 21.0. The highest BCUT2D eigenvalue weighted by molar-refractivity contribution is 5.69. The molecule has 0 amide bonds. The summed E-state index contributed by atoms with van der Waals surface area (Å²) < 4.78 is 36.9. The molecule has 1 aliphatic heterocycles. The van der Waals surface area contributed by atoms with Crippen LogP contribution in [0.25, 0.3) is 6.08 Å². The lowest BCUT2D eigenvalue weighted by Crippen LogP contribution is -2.27. The molecule has 29 heavy (non-hydrogen) atoms. The number of halogens is 1. The number of ether oxygens (including phenoxy) is 4. The fourth-order valence-corrected chi connectivity index (χ4v) is 3.60. The lowest BCUT2D eigenvalue weighted by molar-refractivity contribution is 0.143. The van der Waals surface area contributed by atoms with Gasteiger partial charge in [-0.25, -0.2) is 4.39 Å². The molecule has 3 rings (SSSR count). The highest BCUT2D eigenvalue weighted by Crippen LogP contribution is 2.45. The molecule has 2 unspecified atom stereocenters. The minimum atomic E-state index is -1.01. The summed E-state index contributed by atoms with van der Waals surface area (Å²) in [5, 5.41) is 11.1. The van der Waals surface area contributed by atoms with Gasteiger partial charge in [-0.1, -0.05) is 13.0 Å². The van der Waals surface area contributed by atoms with Gasteiger partial charge in [-0.3, -0.25) is 0 Å². The van der Waals surface area contributed by atoms with Crippen LogP contribution in [0.15, 0.2) is 30.3 Å². The van der Waals surface area contributed by atoms with Gasteiger partial charge in [0.1, 0.15) is 17.1 Å². The van der Waals surface area contributed by atoms with E-state index >= 15 is 4.39 Å². The molecular formula is C23H27FO5. The molecule has 0 bridgehead atoms. The quantitative estimate of drug-likeness (QED) is 0.747. The van der Waals surface area contributed by atoms with Crippen LogP contribution in [0.1, 0.15) is 49.5 Å². The third-order valence-corrected chi connectivity index (χ3v) is 5.21. The van der Waals surface area contributed by atoms with Crippen molar-refractivity contribution in [1.29, 1.82) is 0 Å². The number of benzene rings is 2. The molecule has 0 fully saturated rings. The lowest BCUT2D eigenvalue weighted by Gasteiger charge is -2.30. The fraction of sp³-hybridized carbons (Fsp3) is 0.391. The molecule has 0 radical (unpaired) electrons. The van der Waals surface area contributed by atoms with Crippen LogP contribution in [0.3, 0.4) is 0 Å². The van der Waals surface area contributed by atoms with Gasteiger partial charge in [-0.05, 0) is 49.8 Å². The average Bonchev–Trinajstić information content (AvgIpc) is 2.70. The first-order chi connectivity index (χ1) is 13.7. The molecule has 0 aliphatic carbocycles. The summed E-state index contributed by atoms with van der Waals surface area (Å²) >= 11 is 0. The van der Waals surface area contributed by atoms with E-state index in [9.17, 15) is 5.11 Å². The average molecular weight is 402 g/mol. The number of hydrogen-bond donors (Lipinski definition) is 1. The van der Waals surface area contributed by atoms with Gasteiger partial charge in [-0.2, -0.15) is 0 Å². The summed E-state index contributed by atoms with van der Waals surface area (Å²) in [6.07, 6.45) is 2.85. The normalized spacial score (nSPS) is 16.4. The Morgan fingerprint density at radius 1 is 0.966 bits per heavy atom. The Morgan fingerprint density at radius 2 is 1.62 bits per heavy atom. The maximum absolute atomic E-state index is 15.0. The van der Waals surface area contributed by atoms with E-state index in [1.165, 1.54) is 14.2 Å². The third kappa shape index (κ3) is 3.77. The van der Waals surface area contributed by atoms with Gasteiger partial charge < -0.3 is 24.1 Å². The number of hydrogen-bond acceptors (Lipinski definition) is 5. The highest BCUT2D eigenvalue weighted by Gasteiger charge is 2.30. The van der Waals surface area contributed by atoms with Gasteiger partial charge in [0.25, 0.3) is 0 Å². The van der Waals surface area contributed by atoms with Gasteiger partial charge in [-0.15, -0.1) is 0 Å². The van der Waals surface area contributed by atoms with E-state index in [0.717, 1.165) is 5.56 Å². The van der Waals surface area contributed by atoms with Gasteiger partial charge in [0.2, 0.25) is 0 Å². The van der Waals surface area contributed by atoms with E-state index in [-0.39, 0.29) is 5.75 Å². The Kier molecular flexibility index (Phi) is 5.75. The molecule has 0 spiro atoms. The zero-order valence-corrected chi connectivity index (χ0v) is 17.6. The van der Waals surface area contributed by atoms with Gasteiger partial charge in [0, 0.05) is 11.5 Å². The number of aliphatic hydroxyl groups is 1. The molecule has 1 heterocycles. The lowest BCUT2D eigenvalue weighted by atomic mass is 9.88. The van der Waals surface area contributed by atoms with Crippen molar-refractivity contribution >= 4 is 6.08 Å². The van der Waals surface area contributed by atoms with Gasteiger partial charge in [0.05, 0.1) is 33.0 Å². The molecule has 2 aromatic carbocycles. The van der Waals surface area contributed by atoms with Crippen molar-refractivity contribution in [2.24, 2.45) is 0 Å². The van der Waals surface area contributed by atoms with Crippen LogP contribution in [-0.4, -0.2) is 32.0 Å². The van der Waals surface area contributed by atoms with E-state index in [1.54, 1.807) is 38.3 Å². The Bertz CT molecular complexity index is 935. The Labute approximate surface area is 170 Å². The third-order valence-electron chi connectivity index (χ3n) is 5.21. The minimum Gasteiger partial charge on any atom is -0.496 e. The van der Waals surface area contributed by atoms with Crippen LogP contribution >= 0.6 is 0 Å². The van der Waals surface area contributed by atoms with Crippen LogP contribution in [0, 0.1) is 5.82 Å². The first-order valence-corrected chi connectivity index (χ1v) is 9.41. The number of aliphatic hydroxyl groups excluding tert-OH is 1. The monoisotopic (exact) mass is 402 g/mol. The zero-order chi connectivity index (χ0) is 21.3. The van der Waals surface area contributed by atoms with Crippen molar-refractivity contribution in [2.45, 2.75) is 38.4 Å². The molecule has 1 aliphatic rings. The molecule has 5 nitrogen and oxygen atoms in total. The summed E-state index contributed by atoms with van der Waals surface area (Å²) in [5.41, 5.74) is 1.21. The SMILES string of the molecule is COc1ccc(C(C)C(O)c2ccc3c(c2OC)C=CC(C)(C)O3)c(F)c1OC. The predicted octanol–water partition coefficient (Wildman–Crippen LogP) is 4.87. The molecular weight excluding hydrogens is 375 g/mol. The standard InChI is InChI=1S/C23H27FO5/c1-13(14-7-10-18(26-4)22(28-6)19(14)24)20(25)16-8-9-17-15(21(16)27-5)11-12-23(2,3)29-17/h7-13,20,25H,1-6H3. The second kappa shape index (κ2) is 7.95. The molecule has 2 atom stereocenters. The number of rotatable bonds is 6. The second-order valence-electron chi connectivity index (χ2n) is 7.58. The first-order valence-electron chi connectivity index (χ1n) is 9.41. The van der Waals surface area contributed by atoms with Gasteiger partial charge >= 0.3 is 0 Å². The van der Waals surface area contributed by atoms with Crippen molar-refractivity contribution < 1.29 is 28.4 Å². The van der Waals surface area contributed by atoms with Crippen molar-refractivity contribution in [3.63, 3.8) is 0 Å². The summed E-state index contributed by atoms with van der Waals surface area (Å²) in [4.78, 5) is 0. The summed E-state index contributed by atoms with van der Waals surface area (Å²) in [6, 6.07) is 6.79. The molecule has 0 aromatic heterocycles. The number of methoxy groups -OCH3 is 3. The van der Waals surface area contributed by atoms with Crippen molar-refractivity contribution in [3.05, 3.63) is 52.8 Å². The molecule has 2 aromatic rings. The fourth-order valence-electron chi connectivity index (χ4n) is 3.60. The molecule has 1 N–H and O–H groups in total. The van der Waals surface area contributed by atoms with E-state index in [2.05, 4.69) is 0 Å². The largest absolute Gasteiger partial charge is 0.496 e. The Morgan fingerprint density at radius 3 is 2.24 bits per heavy atom. The zero-order valence-electron chi connectivity index (χ0n) is 17.6. The summed E-state index contributed by atoms with van der Waals surface area (Å²) in [5.74, 6) is 0.378. The molecule has 156 valence electrons. The van der Waals surface area contributed by atoms with E-state index < -0.39 is 23.4 Å². The Hall–Kier alpha value is -2.73. The summed E-state index contributed by atoms with van der Waals surface area (Å²) in [6.45, 7) is 5.68. The summed E-state index contributed by atoms with van der Waals surface area (Å²) in [7, 11) is 4.37. The topological polar surface area (TPSA) is 57.2 Å². The van der Waals surface area contributed by atoms with E-state index in [1.807, 2.05) is 26.0 Å². The molecule has 0 saturated heterocycles. The molecule has 6 heteroatoms. The number of fused-ring (bicyclic) bond motifs is 1. The van der Waals surface area contributed by atoms with Crippen LogP contribution in [0.5, 0.6) is 23.0 Å². The van der Waals surface area contributed by atoms with Crippen LogP contribution in [0.4, 0.5) is 4.39 Å². The predicted molar refractivity (Wildman–Crippen MR) is 110 cm³/mol. The molecule has 0 saturated carbocycles. The maximum Gasteiger partial charge on any atom is 0.197 e. The second-order valence-corrected chi connectivity index (χ2v) is 7.58.